The molecule has 1 aromatic rings. The number of benzene rings is 1. The van der Waals surface area contributed by atoms with E-state index in [2.05, 4.69) is 24.4 Å². The highest BCUT2D eigenvalue weighted by molar-refractivity contribution is 5.39. The molecule has 2 rings (SSSR count). The lowest BCUT2D eigenvalue weighted by atomic mass is 9.78. The van der Waals surface area contributed by atoms with Gasteiger partial charge in [0.1, 0.15) is 0 Å². The maximum absolute atomic E-state index is 5.64. The Labute approximate surface area is 91.9 Å². The standard InChI is InChI=1S/C13H20N2/c1-13(8-2-9-13)15-10-7-11-3-5-12(14)6-4-11/h3-6,15H,2,7-10,14H2,1H3. The number of rotatable bonds is 4. The summed E-state index contributed by atoms with van der Waals surface area (Å²) in [7, 11) is 0. The van der Waals surface area contributed by atoms with Crippen LogP contribution in [0.5, 0.6) is 0 Å². The highest BCUT2D eigenvalue weighted by atomic mass is 15.0. The SMILES string of the molecule is CC1(NCCc2ccc(N)cc2)CCC1. The minimum Gasteiger partial charge on any atom is -0.399 e. The van der Waals surface area contributed by atoms with Crippen molar-refractivity contribution >= 4 is 5.69 Å². The first kappa shape index (κ1) is 10.5. The van der Waals surface area contributed by atoms with Crippen LogP contribution in [-0.4, -0.2) is 12.1 Å². The molecule has 0 aromatic heterocycles. The van der Waals surface area contributed by atoms with Crippen molar-refractivity contribution in [1.29, 1.82) is 0 Å². The van der Waals surface area contributed by atoms with E-state index in [-0.39, 0.29) is 0 Å². The zero-order valence-corrected chi connectivity index (χ0v) is 9.42. The topological polar surface area (TPSA) is 38.0 Å². The van der Waals surface area contributed by atoms with Gasteiger partial charge >= 0.3 is 0 Å². The first-order valence-corrected chi connectivity index (χ1v) is 5.77. The Morgan fingerprint density at radius 1 is 1.27 bits per heavy atom. The highest BCUT2D eigenvalue weighted by Crippen LogP contribution is 2.30. The number of nitrogens with one attached hydrogen (secondary N) is 1. The lowest BCUT2D eigenvalue weighted by Gasteiger charge is -2.39. The van der Waals surface area contributed by atoms with Crippen molar-refractivity contribution in [3.05, 3.63) is 29.8 Å². The second-order valence-corrected chi connectivity index (χ2v) is 4.83. The van der Waals surface area contributed by atoms with Gasteiger partial charge in [-0.15, -0.1) is 0 Å². The molecule has 1 aliphatic rings. The van der Waals surface area contributed by atoms with Gasteiger partial charge in [-0.25, -0.2) is 0 Å². The maximum atomic E-state index is 5.64. The number of nitrogens with two attached hydrogens (primary N) is 1. The summed E-state index contributed by atoms with van der Waals surface area (Å²) in [6.45, 7) is 3.39. The number of nitrogen functional groups attached to an aromatic ring is 1. The molecule has 0 amide bonds. The Bertz CT molecular complexity index is 312. The van der Waals surface area contributed by atoms with Crippen LogP contribution in [0.15, 0.2) is 24.3 Å². The van der Waals surface area contributed by atoms with Gasteiger partial charge in [0.05, 0.1) is 0 Å². The quantitative estimate of drug-likeness (QED) is 0.739. The Morgan fingerprint density at radius 2 is 1.93 bits per heavy atom. The van der Waals surface area contributed by atoms with Crippen LogP contribution in [0, 0.1) is 0 Å². The predicted octanol–water partition coefficient (Wildman–Crippen LogP) is 2.34. The monoisotopic (exact) mass is 204 g/mol. The average Bonchev–Trinajstić information content (AvgIpc) is 2.19. The molecule has 0 spiro atoms. The zero-order chi connectivity index (χ0) is 10.7. The fraction of sp³-hybridized carbons (Fsp3) is 0.538. The summed E-state index contributed by atoms with van der Waals surface area (Å²) in [6, 6.07) is 8.17. The Kier molecular flexibility index (Phi) is 2.96. The van der Waals surface area contributed by atoms with E-state index in [0.29, 0.717) is 5.54 Å². The van der Waals surface area contributed by atoms with Crippen molar-refractivity contribution in [2.75, 3.05) is 12.3 Å². The van der Waals surface area contributed by atoms with Crippen molar-refractivity contribution < 1.29 is 0 Å². The molecule has 2 heteroatoms. The van der Waals surface area contributed by atoms with Crippen LogP contribution in [0.4, 0.5) is 5.69 Å². The van der Waals surface area contributed by atoms with Crippen molar-refractivity contribution in [2.45, 2.75) is 38.1 Å². The summed E-state index contributed by atoms with van der Waals surface area (Å²) in [4.78, 5) is 0. The molecule has 0 radical (unpaired) electrons. The fourth-order valence-electron chi connectivity index (χ4n) is 2.08. The number of hydrogen-bond acceptors (Lipinski definition) is 2. The largest absolute Gasteiger partial charge is 0.399 e. The van der Waals surface area contributed by atoms with Gasteiger partial charge in [0.25, 0.3) is 0 Å². The van der Waals surface area contributed by atoms with Crippen molar-refractivity contribution in [3.8, 4) is 0 Å². The molecule has 15 heavy (non-hydrogen) atoms. The molecule has 0 unspecified atom stereocenters. The van der Waals surface area contributed by atoms with E-state index in [1.54, 1.807) is 0 Å². The third-order valence-corrected chi connectivity index (χ3v) is 3.40. The fourth-order valence-corrected chi connectivity index (χ4v) is 2.08. The molecule has 0 aliphatic heterocycles. The van der Waals surface area contributed by atoms with Crippen molar-refractivity contribution in [3.63, 3.8) is 0 Å². The molecule has 0 heterocycles. The predicted molar refractivity (Wildman–Crippen MR) is 64.8 cm³/mol. The van der Waals surface area contributed by atoms with E-state index in [1.807, 2.05) is 12.1 Å². The number of anilines is 1. The lowest BCUT2D eigenvalue weighted by molar-refractivity contribution is 0.210. The van der Waals surface area contributed by atoms with Crippen LogP contribution in [0.2, 0.25) is 0 Å². The molecular weight excluding hydrogens is 184 g/mol. The molecule has 0 bridgehead atoms. The van der Waals surface area contributed by atoms with Gasteiger partial charge in [0.15, 0.2) is 0 Å². The molecular formula is C13H20N2. The van der Waals surface area contributed by atoms with Gasteiger partial charge in [0.2, 0.25) is 0 Å². The molecule has 1 aliphatic carbocycles. The molecule has 1 saturated carbocycles. The normalized spacial score (nSPS) is 18.5. The van der Waals surface area contributed by atoms with Gasteiger partial charge in [-0.3, -0.25) is 0 Å². The van der Waals surface area contributed by atoms with Crippen molar-refractivity contribution in [2.24, 2.45) is 0 Å². The summed E-state index contributed by atoms with van der Waals surface area (Å²) < 4.78 is 0. The minimum absolute atomic E-state index is 0.424. The summed E-state index contributed by atoms with van der Waals surface area (Å²) in [6.07, 6.45) is 5.13. The molecule has 1 fully saturated rings. The second-order valence-electron chi connectivity index (χ2n) is 4.83. The first-order valence-electron chi connectivity index (χ1n) is 5.77. The van der Waals surface area contributed by atoms with Gasteiger partial charge < -0.3 is 11.1 Å². The van der Waals surface area contributed by atoms with Gasteiger partial charge in [-0.05, 0) is 56.8 Å². The molecule has 3 N–H and O–H groups in total. The van der Waals surface area contributed by atoms with E-state index in [9.17, 15) is 0 Å². The lowest BCUT2D eigenvalue weighted by Crippen LogP contribution is -2.48. The van der Waals surface area contributed by atoms with Crippen LogP contribution in [-0.2, 0) is 6.42 Å². The average molecular weight is 204 g/mol. The van der Waals surface area contributed by atoms with E-state index in [4.69, 9.17) is 5.73 Å². The minimum atomic E-state index is 0.424. The molecule has 0 saturated heterocycles. The highest BCUT2D eigenvalue weighted by Gasteiger charge is 2.30. The summed E-state index contributed by atoms with van der Waals surface area (Å²) in [5.74, 6) is 0. The summed E-state index contributed by atoms with van der Waals surface area (Å²) in [5, 5.41) is 3.63. The zero-order valence-electron chi connectivity index (χ0n) is 9.42. The molecule has 82 valence electrons. The maximum Gasteiger partial charge on any atom is 0.0314 e. The molecule has 2 nitrogen and oxygen atoms in total. The van der Waals surface area contributed by atoms with E-state index >= 15 is 0 Å². The Morgan fingerprint density at radius 3 is 2.47 bits per heavy atom. The van der Waals surface area contributed by atoms with E-state index in [0.717, 1.165) is 18.7 Å². The molecule has 0 atom stereocenters. The number of hydrogen-bond donors (Lipinski definition) is 2. The van der Waals surface area contributed by atoms with E-state index < -0.39 is 0 Å². The second kappa shape index (κ2) is 4.23. The molecule has 1 aromatic carbocycles. The van der Waals surface area contributed by atoms with Crippen LogP contribution >= 0.6 is 0 Å². The third kappa shape index (κ3) is 2.72. The third-order valence-electron chi connectivity index (χ3n) is 3.40. The van der Waals surface area contributed by atoms with Gasteiger partial charge in [-0.2, -0.15) is 0 Å². The van der Waals surface area contributed by atoms with Crippen LogP contribution < -0.4 is 11.1 Å². The van der Waals surface area contributed by atoms with Gasteiger partial charge in [0, 0.05) is 11.2 Å². The smallest absolute Gasteiger partial charge is 0.0314 e. The van der Waals surface area contributed by atoms with Crippen LogP contribution in [0.1, 0.15) is 31.7 Å². The Balaban J connectivity index is 1.76. The first-order chi connectivity index (χ1) is 7.18. The Hall–Kier alpha value is -1.02. The van der Waals surface area contributed by atoms with Crippen LogP contribution in [0.25, 0.3) is 0 Å². The van der Waals surface area contributed by atoms with E-state index in [1.165, 1.54) is 24.8 Å². The van der Waals surface area contributed by atoms with Crippen LogP contribution in [0.3, 0.4) is 0 Å². The summed E-state index contributed by atoms with van der Waals surface area (Å²) in [5.41, 5.74) is 8.27. The van der Waals surface area contributed by atoms with Crippen molar-refractivity contribution in [1.82, 2.24) is 5.32 Å². The van der Waals surface area contributed by atoms with Gasteiger partial charge in [-0.1, -0.05) is 12.1 Å². The summed E-state index contributed by atoms with van der Waals surface area (Å²) >= 11 is 0.